The second-order valence-electron chi connectivity index (χ2n) is 7.98. The van der Waals surface area contributed by atoms with E-state index in [0.717, 1.165) is 48.2 Å². The number of carbonyl (C=O) groups is 1. The van der Waals surface area contributed by atoms with Gasteiger partial charge in [-0.2, -0.15) is 4.37 Å². The summed E-state index contributed by atoms with van der Waals surface area (Å²) >= 11 is 1.46. The summed E-state index contributed by atoms with van der Waals surface area (Å²) < 4.78 is 9.65. The van der Waals surface area contributed by atoms with Crippen molar-refractivity contribution >= 4 is 22.6 Å². The van der Waals surface area contributed by atoms with E-state index in [1.54, 1.807) is 7.11 Å². The van der Waals surface area contributed by atoms with Gasteiger partial charge in [0.2, 0.25) is 11.0 Å². The van der Waals surface area contributed by atoms with Crippen molar-refractivity contribution in [2.75, 3.05) is 25.1 Å². The maximum atomic E-state index is 12.5. The number of nitrogens with one attached hydrogen (secondary N) is 1. The van der Waals surface area contributed by atoms with E-state index in [1.165, 1.54) is 11.5 Å². The van der Waals surface area contributed by atoms with E-state index in [0.29, 0.717) is 6.54 Å². The second-order valence-corrected chi connectivity index (χ2v) is 8.71. The van der Waals surface area contributed by atoms with Crippen LogP contribution >= 0.6 is 11.5 Å². The lowest BCUT2D eigenvalue weighted by Gasteiger charge is -2.30. The van der Waals surface area contributed by atoms with Crippen LogP contribution in [0.3, 0.4) is 0 Å². The topological polar surface area (TPSA) is 67.3 Å². The second kappa shape index (κ2) is 8.25. The predicted molar refractivity (Wildman–Crippen MR) is 108 cm³/mol. The molecule has 0 bridgehead atoms. The van der Waals surface area contributed by atoms with Gasteiger partial charge in [0.15, 0.2) is 0 Å². The number of nitrogens with zero attached hydrogens (tertiary/aromatic N) is 3. The Morgan fingerprint density at radius 3 is 2.48 bits per heavy atom. The van der Waals surface area contributed by atoms with Crippen molar-refractivity contribution in [2.24, 2.45) is 5.92 Å². The normalized spacial score (nSPS) is 15.6. The van der Waals surface area contributed by atoms with E-state index < -0.39 is 0 Å². The molecular formula is C20H28N4O2S. The molecule has 1 aromatic carbocycles. The van der Waals surface area contributed by atoms with Crippen LogP contribution in [0.1, 0.15) is 45.0 Å². The van der Waals surface area contributed by atoms with E-state index in [2.05, 4.69) is 40.3 Å². The number of benzene rings is 1. The molecule has 3 rings (SSSR count). The van der Waals surface area contributed by atoms with Gasteiger partial charge in [-0.05, 0) is 30.5 Å². The average Bonchev–Trinajstić information content (AvgIpc) is 3.17. The quantitative estimate of drug-likeness (QED) is 0.850. The molecule has 1 fully saturated rings. The Labute approximate surface area is 165 Å². The van der Waals surface area contributed by atoms with Crippen LogP contribution in [0.2, 0.25) is 0 Å². The number of carbonyl (C=O) groups excluding carboxylic acids is 1. The lowest BCUT2D eigenvalue weighted by Crippen LogP contribution is -2.40. The number of anilines is 1. The monoisotopic (exact) mass is 388 g/mol. The Hall–Kier alpha value is -2.15. The fourth-order valence-corrected chi connectivity index (χ4v) is 3.97. The molecule has 1 aromatic heterocycles. The molecule has 1 aliphatic heterocycles. The highest BCUT2D eigenvalue weighted by molar-refractivity contribution is 7.09. The van der Waals surface area contributed by atoms with Crippen molar-refractivity contribution in [3.05, 3.63) is 35.7 Å². The van der Waals surface area contributed by atoms with Gasteiger partial charge in [-0.1, -0.05) is 32.9 Å². The lowest BCUT2D eigenvalue weighted by atomic mass is 9.95. The molecule has 1 amide bonds. The number of piperidine rings is 1. The summed E-state index contributed by atoms with van der Waals surface area (Å²) in [5.74, 6) is 1.92. The molecule has 0 saturated carbocycles. The van der Waals surface area contributed by atoms with Crippen LogP contribution in [0, 0.1) is 5.92 Å². The summed E-state index contributed by atoms with van der Waals surface area (Å²) in [5.41, 5.74) is 1.04. The fourth-order valence-electron chi connectivity index (χ4n) is 3.06. The molecule has 6 nitrogen and oxygen atoms in total. The number of amides is 1. The number of hydrogen-bond acceptors (Lipinski definition) is 6. The molecule has 7 heteroatoms. The van der Waals surface area contributed by atoms with Crippen LogP contribution in [0.5, 0.6) is 5.75 Å². The standard InChI is InChI=1S/C20H28N4O2S/c1-20(2,3)18-22-19(27-23-18)24-11-9-15(10-12-24)17(25)21-13-14-5-7-16(26-4)8-6-14/h5-8,15H,9-13H2,1-4H3,(H,21,25). The summed E-state index contributed by atoms with van der Waals surface area (Å²) in [5, 5.41) is 4.03. The van der Waals surface area contributed by atoms with E-state index in [1.807, 2.05) is 24.3 Å². The van der Waals surface area contributed by atoms with Crippen LogP contribution in [0.15, 0.2) is 24.3 Å². The Balaban J connectivity index is 1.48. The number of rotatable bonds is 5. The van der Waals surface area contributed by atoms with Crippen molar-refractivity contribution in [2.45, 2.75) is 45.6 Å². The van der Waals surface area contributed by atoms with Crippen LogP contribution in [0.4, 0.5) is 5.13 Å². The molecule has 1 saturated heterocycles. The maximum absolute atomic E-state index is 12.5. The number of ether oxygens (including phenoxy) is 1. The third-order valence-corrected chi connectivity index (χ3v) is 5.63. The van der Waals surface area contributed by atoms with Gasteiger partial charge in [-0.25, -0.2) is 4.98 Å². The lowest BCUT2D eigenvalue weighted by molar-refractivity contribution is -0.125. The molecule has 27 heavy (non-hydrogen) atoms. The zero-order valence-electron chi connectivity index (χ0n) is 16.5. The average molecular weight is 389 g/mol. The van der Waals surface area contributed by atoms with Crippen molar-refractivity contribution in [3.8, 4) is 5.75 Å². The van der Waals surface area contributed by atoms with Gasteiger partial charge in [-0.15, -0.1) is 0 Å². The van der Waals surface area contributed by atoms with E-state index in [-0.39, 0.29) is 17.2 Å². The summed E-state index contributed by atoms with van der Waals surface area (Å²) in [4.78, 5) is 19.4. The largest absolute Gasteiger partial charge is 0.497 e. The summed E-state index contributed by atoms with van der Waals surface area (Å²) in [6.45, 7) is 8.61. The van der Waals surface area contributed by atoms with Crippen LogP contribution in [-0.2, 0) is 16.8 Å². The number of aromatic nitrogens is 2. The summed E-state index contributed by atoms with van der Waals surface area (Å²) in [6.07, 6.45) is 1.69. The molecular weight excluding hydrogens is 360 g/mol. The molecule has 2 aromatic rings. The Morgan fingerprint density at radius 1 is 1.26 bits per heavy atom. The maximum Gasteiger partial charge on any atom is 0.223 e. The number of methoxy groups -OCH3 is 1. The van der Waals surface area contributed by atoms with Gasteiger partial charge in [-0.3, -0.25) is 4.79 Å². The van der Waals surface area contributed by atoms with E-state index in [4.69, 9.17) is 4.74 Å². The molecule has 1 aliphatic rings. The molecule has 0 unspecified atom stereocenters. The molecule has 0 radical (unpaired) electrons. The fraction of sp³-hybridized carbons (Fsp3) is 0.550. The van der Waals surface area contributed by atoms with Crippen LogP contribution in [0.25, 0.3) is 0 Å². The van der Waals surface area contributed by atoms with Gasteiger partial charge < -0.3 is 15.0 Å². The van der Waals surface area contributed by atoms with Crippen molar-refractivity contribution in [1.29, 1.82) is 0 Å². The SMILES string of the molecule is COc1ccc(CNC(=O)C2CCN(c3nc(C(C)(C)C)ns3)CC2)cc1. The highest BCUT2D eigenvalue weighted by Crippen LogP contribution is 2.28. The minimum absolute atomic E-state index is 0.0333. The third-order valence-electron chi connectivity index (χ3n) is 4.85. The Kier molecular flexibility index (Phi) is 5.99. The number of hydrogen-bond donors (Lipinski definition) is 1. The molecule has 0 atom stereocenters. The van der Waals surface area contributed by atoms with Gasteiger partial charge in [0.25, 0.3) is 0 Å². The van der Waals surface area contributed by atoms with Crippen LogP contribution in [-0.4, -0.2) is 35.5 Å². The third kappa shape index (κ3) is 4.97. The van der Waals surface area contributed by atoms with Crippen molar-refractivity contribution in [1.82, 2.24) is 14.7 Å². The van der Waals surface area contributed by atoms with E-state index >= 15 is 0 Å². The predicted octanol–water partition coefficient (Wildman–Crippen LogP) is 3.38. The van der Waals surface area contributed by atoms with E-state index in [9.17, 15) is 4.79 Å². The smallest absolute Gasteiger partial charge is 0.223 e. The molecule has 146 valence electrons. The molecule has 0 aliphatic carbocycles. The van der Waals surface area contributed by atoms with Gasteiger partial charge in [0, 0.05) is 42.5 Å². The zero-order valence-corrected chi connectivity index (χ0v) is 17.3. The van der Waals surface area contributed by atoms with Crippen molar-refractivity contribution in [3.63, 3.8) is 0 Å². The zero-order chi connectivity index (χ0) is 19.4. The summed E-state index contributed by atoms with van der Waals surface area (Å²) in [6, 6.07) is 7.77. The first-order valence-electron chi connectivity index (χ1n) is 9.36. The minimum atomic E-state index is -0.0333. The van der Waals surface area contributed by atoms with Gasteiger partial charge >= 0.3 is 0 Å². The first kappa shape index (κ1) is 19.6. The Bertz CT molecular complexity index is 759. The van der Waals surface area contributed by atoms with Crippen LogP contribution < -0.4 is 15.0 Å². The Morgan fingerprint density at radius 2 is 1.93 bits per heavy atom. The molecule has 1 N–H and O–H groups in total. The van der Waals surface area contributed by atoms with Crippen molar-refractivity contribution < 1.29 is 9.53 Å². The van der Waals surface area contributed by atoms with Gasteiger partial charge in [0.05, 0.1) is 7.11 Å². The first-order valence-corrected chi connectivity index (χ1v) is 10.1. The summed E-state index contributed by atoms with van der Waals surface area (Å²) in [7, 11) is 1.65. The molecule has 2 heterocycles. The first-order chi connectivity index (χ1) is 12.9. The molecule has 0 spiro atoms. The highest BCUT2D eigenvalue weighted by atomic mass is 32.1. The minimum Gasteiger partial charge on any atom is -0.497 e. The highest BCUT2D eigenvalue weighted by Gasteiger charge is 2.28. The van der Waals surface area contributed by atoms with Gasteiger partial charge in [0.1, 0.15) is 11.6 Å².